The molecule has 7 atom stereocenters. The number of carbonyl (C=O) groups excluding carboxylic acids is 2. The Morgan fingerprint density at radius 2 is 1.69 bits per heavy atom. The molecule has 0 spiro atoms. The van der Waals surface area contributed by atoms with Gasteiger partial charge < -0.3 is 14.0 Å². The van der Waals surface area contributed by atoms with Crippen LogP contribution in [0.2, 0.25) is 19.6 Å². The summed E-state index contributed by atoms with van der Waals surface area (Å²) >= 11 is 0. The van der Waals surface area contributed by atoms with Crippen molar-refractivity contribution >= 4 is 25.8 Å². The molecule has 35 heavy (non-hydrogen) atoms. The fourth-order valence-corrected chi connectivity index (χ4v) is 10.6. The highest BCUT2D eigenvalue weighted by Crippen LogP contribution is 2.70. The van der Waals surface area contributed by atoms with E-state index in [9.17, 15) is 9.59 Å². The fourth-order valence-electron chi connectivity index (χ4n) is 9.01. The van der Waals surface area contributed by atoms with Crippen molar-refractivity contribution in [1.82, 2.24) is 0 Å². The Bertz CT molecular complexity index is 969. The second kappa shape index (κ2) is 8.54. The molecule has 0 amide bonds. The second-order valence-corrected chi connectivity index (χ2v) is 17.7. The number of esters is 1. The molecule has 0 aromatic rings. The van der Waals surface area contributed by atoms with Crippen LogP contribution in [0.4, 0.5) is 0 Å². The smallest absolute Gasteiger partial charge is 0.303 e. The first kappa shape index (κ1) is 26.6. The Balaban J connectivity index is 1.82. The Labute approximate surface area is 212 Å². The summed E-state index contributed by atoms with van der Waals surface area (Å²) in [7, 11) is -0.267. The molecule has 7 unspecified atom stereocenters. The highest BCUT2D eigenvalue weighted by atomic mass is 28.4. The third-order valence-electron chi connectivity index (χ3n) is 10.0. The summed E-state index contributed by atoms with van der Waals surface area (Å²) < 4.78 is 13.0. The number of Topliss-reactive ketones (excluding diaryl/α,β-unsaturated/α-hetero) is 1. The number of fused-ring (bicyclic) bond motifs is 5. The number of carbonyl (C=O) groups is 2. The van der Waals surface area contributed by atoms with Crippen molar-refractivity contribution in [3.63, 3.8) is 0 Å². The topological polar surface area (TPSA) is 74.2 Å². The van der Waals surface area contributed by atoms with Crippen LogP contribution in [0.5, 0.6) is 0 Å². The van der Waals surface area contributed by atoms with E-state index in [-0.39, 0.29) is 22.6 Å². The van der Waals surface area contributed by atoms with E-state index in [0.29, 0.717) is 24.2 Å². The molecule has 4 rings (SSSR count). The first-order chi connectivity index (χ1) is 16.1. The van der Waals surface area contributed by atoms with Gasteiger partial charge in [0, 0.05) is 12.3 Å². The number of rotatable bonds is 5. The Morgan fingerprint density at radius 1 is 1.03 bits per heavy atom. The lowest BCUT2D eigenvalue weighted by Crippen LogP contribution is -2.62. The monoisotopic (exact) mass is 503 g/mol. The van der Waals surface area contributed by atoms with Gasteiger partial charge in [0.2, 0.25) is 0 Å². The van der Waals surface area contributed by atoms with E-state index in [1.54, 1.807) is 14.0 Å². The maximum Gasteiger partial charge on any atom is 0.303 e. The van der Waals surface area contributed by atoms with Crippen molar-refractivity contribution in [3.8, 4) is 0 Å². The van der Waals surface area contributed by atoms with Crippen LogP contribution in [-0.2, 0) is 23.6 Å². The SMILES string of the molecule is CO/N=C1/C=C2C(C)(O[Si](C)(C)C)CC3C(CCC4(C)C3CCC4(OC(C)=O)C(C)=O)C2(C)CC1. The zero-order valence-corrected chi connectivity index (χ0v) is 24.2. The summed E-state index contributed by atoms with van der Waals surface area (Å²) in [5.41, 5.74) is 0.628. The summed E-state index contributed by atoms with van der Waals surface area (Å²) in [5, 5.41) is 4.31. The lowest BCUT2D eigenvalue weighted by atomic mass is 9.44. The van der Waals surface area contributed by atoms with E-state index >= 15 is 0 Å². The predicted octanol–water partition coefficient (Wildman–Crippen LogP) is 6.06. The van der Waals surface area contributed by atoms with Crippen molar-refractivity contribution in [2.24, 2.45) is 33.7 Å². The number of oxime groups is 1. The van der Waals surface area contributed by atoms with Crippen molar-refractivity contribution in [1.29, 1.82) is 0 Å². The van der Waals surface area contributed by atoms with Gasteiger partial charge in [-0.2, -0.15) is 0 Å². The average molecular weight is 504 g/mol. The van der Waals surface area contributed by atoms with Crippen molar-refractivity contribution < 1.29 is 23.6 Å². The number of nitrogens with zero attached hydrogens (tertiary/aromatic N) is 1. The lowest BCUT2D eigenvalue weighted by Gasteiger charge is -2.63. The molecule has 196 valence electrons. The van der Waals surface area contributed by atoms with Gasteiger partial charge in [0.15, 0.2) is 19.7 Å². The van der Waals surface area contributed by atoms with Crippen LogP contribution in [0, 0.1) is 28.6 Å². The van der Waals surface area contributed by atoms with Gasteiger partial charge in [0.25, 0.3) is 0 Å². The first-order valence-electron chi connectivity index (χ1n) is 13.4. The molecule has 4 aliphatic carbocycles. The van der Waals surface area contributed by atoms with Gasteiger partial charge in [-0.1, -0.05) is 19.0 Å². The lowest BCUT2D eigenvalue weighted by molar-refractivity contribution is -0.189. The minimum atomic E-state index is -1.88. The molecule has 0 aromatic heterocycles. The molecule has 0 N–H and O–H groups in total. The van der Waals surface area contributed by atoms with Crippen LogP contribution in [0.15, 0.2) is 16.8 Å². The molecular weight excluding hydrogens is 458 g/mol. The summed E-state index contributed by atoms with van der Waals surface area (Å²) in [5.74, 6) is 0.887. The van der Waals surface area contributed by atoms with Crippen molar-refractivity contribution in [2.75, 3.05) is 7.11 Å². The highest BCUT2D eigenvalue weighted by molar-refractivity contribution is 6.69. The van der Waals surface area contributed by atoms with Crippen molar-refractivity contribution in [3.05, 3.63) is 11.6 Å². The van der Waals surface area contributed by atoms with Gasteiger partial charge >= 0.3 is 5.97 Å². The van der Waals surface area contributed by atoms with Gasteiger partial charge in [-0.05, 0) is 113 Å². The van der Waals surface area contributed by atoms with Crippen molar-refractivity contribution in [2.45, 2.75) is 110 Å². The normalized spacial score (nSPS) is 44.1. The van der Waals surface area contributed by atoms with E-state index in [2.05, 4.69) is 51.6 Å². The van der Waals surface area contributed by atoms with Gasteiger partial charge in [-0.3, -0.25) is 9.59 Å². The number of ether oxygens (including phenoxy) is 1. The standard InChI is InChI=1S/C28H45NO5Si/c1-18(30)28(33-19(2)31)15-12-23-21-17-27(5,34-35(7,8)9)24-16-20(29-32-6)10-13-25(24,3)22(21)11-14-26(23,28)4/h16,21-23H,10-15,17H2,1-9H3/b29-20+. The summed E-state index contributed by atoms with van der Waals surface area (Å²) in [6, 6.07) is 0. The van der Waals surface area contributed by atoms with Crippen LogP contribution in [-0.4, -0.2) is 44.1 Å². The third-order valence-corrected chi connectivity index (χ3v) is 11.1. The molecule has 0 bridgehead atoms. The van der Waals surface area contributed by atoms with Gasteiger partial charge in [-0.25, -0.2) is 0 Å². The number of hydrogen-bond donors (Lipinski definition) is 0. The summed E-state index contributed by atoms with van der Waals surface area (Å²) in [6.45, 7) is 16.8. The van der Waals surface area contributed by atoms with Crippen LogP contribution in [0.25, 0.3) is 0 Å². The zero-order chi connectivity index (χ0) is 26.0. The fraction of sp³-hybridized carbons (Fsp3) is 0.821. The molecule has 4 aliphatic rings. The van der Waals surface area contributed by atoms with Gasteiger partial charge in [-0.15, -0.1) is 0 Å². The Morgan fingerprint density at radius 3 is 2.26 bits per heavy atom. The third kappa shape index (κ3) is 4.05. The van der Waals surface area contributed by atoms with E-state index in [4.69, 9.17) is 14.0 Å². The molecule has 0 heterocycles. The van der Waals surface area contributed by atoms with Crippen LogP contribution >= 0.6 is 0 Å². The molecular formula is C28H45NO5Si. The summed E-state index contributed by atoms with van der Waals surface area (Å²) in [4.78, 5) is 30.4. The van der Waals surface area contributed by atoms with E-state index in [1.165, 1.54) is 12.5 Å². The molecule has 3 saturated carbocycles. The Kier molecular flexibility index (Phi) is 6.49. The maximum absolute atomic E-state index is 13.1. The van der Waals surface area contributed by atoms with Crippen LogP contribution in [0.1, 0.15) is 79.6 Å². The maximum atomic E-state index is 13.1. The first-order valence-corrected chi connectivity index (χ1v) is 16.8. The van der Waals surface area contributed by atoms with E-state index < -0.39 is 19.5 Å². The van der Waals surface area contributed by atoms with E-state index in [1.807, 2.05) is 0 Å². The molecule has 0 saturated heterocycles. The molecule has 0 radical (unpaired) electrons. The Hall–Kier alpha value is -1.47. The number of allylic oxidation sites excluding steroid dienone is 1. The predicted molar refractivity (Wildman–Crippen MR) is 140 cm³/mol. The molecule has 3 fully saturated rings. The van der Waals surface area contributed by atoms with Gasteiger partial charge in [0.05, 0.1) is 11.3 Å². The average Bonchev–Trinajstić information content (AvgIpc) is 3.01. The molecule has 6 nitrogen and oxygen atoms in total. The zero-order valence-electron chi connectivity index (χ0n) is 23.2. The molecule has 0 aliphatic heterocycles. The van der Waals surface area contributed by atoms with Crippen LogP contribution in [0.3, 0.4) is 0 Å². The molecule has 0 aromatic carbocycles. The van der Waals surface area contributed by atoms with Crippen LogP contribution < -0.4 is 0 Å². The van der Waals surface area contributed by atoms with Gasteiger partial charge in [0.1, 0.15) is 7.11 Å². The highest BCUT2D eigenvalue weighted by Gasteiger charge is 2.69. The minimum Gasteiger partial charge on any atom is -0.451 e. The second-order valence-electron chi connectivity index (χ2n) is 13.2. The molecule has 7 heteroatoms. The quantitative estimate of drug-likeness (QED) is 0.259. The minimum absolute atomic E-state index is 0.00190. The largest absolute Gasteiger partial charge is 0.451 e. The number of hydrogen-bond acceptors (Lipinski definition) is 6. The number of ketones is 1. The van der Waals surface area contributed by atoms with E-state index in [0.717, 1.165) is 44.2 Å². The summed E-state index contributed by atoms with van der Waals surface area (Å²) in [6.07, 6.45) is 8.59.